The van der Waals surface area contributed by atoms with E-state index >= 15 is 0 Å². The van der Waals surface area contributed by atoms with Gasteiger partial charge in [0.1, 0.15) is 23.4 Å². The Kier molecular flexibility index (Phi) is 5.18. The summed E-state index contributed by atoms with van der Waals surface area (Å²) in [7, 11) is 1.57. The van der Waals surface area contributed by atoms with Gasteiger partial charge in [0.2, 0.25) is 5.91 Å². The number of pyridine rings is 1. The standard InChI is InChI=1S/C20H19ClN6O2/c1-3-18(28)24-13-9-27(10-13)17-7-6-15-19(26-17)20(23-11-22-15)25-12-4-5-14(21)16(8-12)29-2/h3-8,11,13H,1,9-10H2,2H3,(H,24,28)(H,22,23,25). The van der Waals surface area contributed by atoms with Crippen LogP contribution in [0.15, 0.2) is 49.3 Å². The molecule has 0 spiro atoms. The Hall–Kier alpha value is -3.39. The molecule has 4 rings (SSSR count). The van der Waals surface area contributed by atoms with Crippen LogP contribution in [0.4, 0.5) is 17.3 Å². The number of ether oxygens (including phenoxy) is 1. The van der Waals surface area contributed by atoms with Gasteiger partial charge in [0.05, 0.1) is 23.7 Å². The number of carbonyl (C=O) groups is 1. The van der Waals surface area contributed by atoms with Gasteiger partial charge in [-0.25, -0.2) is 15.0 Å². The fourth-order valence-corrected chi connectivity index (χ4v) is 3.28. The fourth-order valence-electron chi connectivity index (χ4n) is 3.09. The zero-order valence-electron chi connectivity index (χ0n) is 15.7. The number of hydrogen-bond donors (Lipinski definition) is 2. The minimum Gasteiger partial charge on any atom is -0.495 e. The van der Waals surface area contributed by atoms with Crippen LogP contribution < -0.4 is 20.3 Å². The van der Waals surface area contributed by atoms with Gasteiger partial charge in [0.15, 0.2) is 5.82 Å². The Morgan fingerprint density at radius 3 is 2.90 bits per heavy atom. The maximum Gasteiger partial charge on any atom is 0.243 e. The molecule has 0 radical (unpaired) electrons. The molecule has 148 valence electrons. The molecule has 9 heteroatoms. The van der Waals surface area contributed by atoms with Crippen molar-refractivity contribution >= 4 is 45.9 Å². The maximum atomic E-state index is 11.4. The zero-order valence-corrected chi connectivity index (χ0v) is 16.5. The second-order valence-electron chi connectivity index (χ2n) is 6.55. The minimum atomic E-state index is -0.167. The van der Waals surface area contributed by atoms with E-state index in [1.807, 2.05) is 18.2 Å². The van der Waals surface area contributed by atoms with E-state index in [1.54, 1.807) is 19.2 Å². The lowest BCUT2D eigenvalue weighted by Gasteiger charge is -2.40. The molecular weight excluding hydrogens is 392 g/mol. The number of fused-ring (bicyclic) bond motifs is 1. The summed E-state index contributed by atoms with van der Waals surface area (Å²) in [6.45, 7) is 4.84. The summed E-state index contributed by atoms with van der Waals surface area (Å²) in [5.74, 6) is 1.78. The van der Waals surface area contributed by atoms with Crippen molar-refractivity contribution in [3.8, 4) is 5.75 Å². The molecule has 0 atom stereocenters. The largest absolute Gasteiger partial charge is 0.495 e. The van der Waals surface area contributed by atoms with Crippen molar-refractivity contribution in [2.24, 2.45) is 0 Å². The van der Waals surface area contributed by atoms with Gasteiger partial charge in [-0.3, -0.25) is 4.79 Å². The Morgan fingerprint density at radius 1 is 1.31 bits per heavy atom. The number of benzene rings is 1. The summed E-state index contributed by atoms with van der Waals surface area (Å²) in [6.07, 6.45) is 2.77. The quantitative estimate of drug-likeness (QED) is 0.603. The first kappa shape index (κ1) is 18.9. The van der Waals surface area contributed by atoms with Gasteiger partial charge in [-0.05, 0) is 30.3 Å². The molecule has 0 saturated carbocycles. The van der Waals surface area contributed by atoms with Crippen molar-refractivity contribution in [2.75, 3.05) is 30.4 Å². The van der Waals surface area contributed by atoms with E-state index in [1.165, 1.54) is 12.4 Å². The highest BCUT2D eigenvalue weighted by Crippen LogP contribution is 2.30. The summed E-state index contributed by atoms with van der Waals surface area (Å²) in [6, 6.07) is 9.29. The topological polar surface area (TPSA) is 92.3 Å². The van der Waals surface area contributed by atoms with E-state index in [-0.39, 0.29) is 11.9 Å². The van der Waals surface area contributed by atoms with Crippen LogP contribution in [0, 0.1) is 0 Å². The summed E-state index contributed by atoms with van der Waals surface area (Å²) >= 11 is 6.10. The molecule has 1 fully saturated rings. The van der Waals surface area contributed by atoms with Crippen LogP contribution in [0.25, 0.3) is 11.0 Å². The van der Waals surface area contributed by atoms with E-state index in [0.29, 0.717) is 35.2 Å². The van der Waals surface area contributed by atoms with Gasteiger partial charge in [-0.1, -0.05) is 18.2 Å². The average Bonchev–Trinajstić information content (AvgIpc) is 2.71. The number of aromatic nitrogens is 3. The SMILES string of the molecule is C=CC(=O)NC1CN(c2ccc3ncnc(Nc4ccc(Cl)c(OC)c4)c3n2)C1. The number of nitrogens with zero attached hydrogens (tertiary/aromatic N) is 4. The van der Waals surface area contributed by atoms with Gasteiger partial charge < -0.3 is 20.3 Å². The molecule has 0 unspecified atom stereocenters. The molecule has 1 saturated heterocycles. The first-order chi connectivity index (χ1) is 14.1. The molecule has 3 aromatic rings. The zero-order chi connectivity index (χ0) is 20.4. The molecule has 8 nitrogen and oxygen atoms in total. The number of carbonyl (C=O) groups excluding carboxylic acids is 1. The molecule has 0 bridgehead atoms. The highest BCUT2D eigenvalue weighted by Gasteiger charge is 2.28. The van der Waals surface area contributed by atoms with Crippen LogP contribution in [-0.2, 0) is 4.79 Å². The van der Waals surface area contributed by atoms with Gasteiger partial charge in [0.25, 0.3) is 0 Å². The van der Waals surface area contributed by atoms with Crippen molar-refractivity contribution < 1.29 is 9.53 Å². The summed E-state index contributed by atoms with van der Waals surface area (Å²) in [4.78, 5) is 26.9. The number of hydrogen-bond acceptors (Lipinski definition) is 7. The van der Waals surface area contributed by atoms with Crippen LogP contribution in [-0.4, -0.2) is 47.1 Å². The van der Waals surface area contributed by atoms with Gasteiger partial charge >= 0.3 is 0 Å². The first-order valence-electron chi connectivity index (χ1n) is 8.97. The van der Waals surface area contributed by atoms with Crippen molar-refractivity contribution in [1.29, 1.82) is 0 Å². The third-order valence-corrected chi connectivity index (χ3v) is 4.93. The van der Waals surface area contributed by atoms with Gasteiger partial charge in [-0.2, -0.15) is 0 Å². The molecule has 2 aromatic heterocycles. The van der Waals surface area contributed by atoms with E-state index in [9.17, 15) is 4.79 Å². The summed E-state index contributed by atoms with van der Waals surface area (Å²) in [5.41, 5.74) is 2.15. The van der Waals surface area contributed by atoms with Crippen LogP contribution in [0.2, 0.25) is 5.02 Å². The molecule has 1 aromatic carbocycles. The average molecular weight is 411 g/mol. The monoisotopic (exact) mass is 410 g/mol. The van der Waals surface area contributed by atoms with Crippen molar-refractivity contribution in [3.63, 3.8) is 0 Å². The fraction of sp³-hybridized carbons (Fsp3) is 0.200. The Bertz CT molecular complexity index is 1080. The van der Waals surface area contributed by atoms with Crippen LogP contribution >= 0.6 is 11.6 Å². The van der Waals surface area contributed by atoms with E-state index in [2.05, 4.69) is 32.1 Å². The number of amides is 1. The third kappa shape index (κ3) is 3.93. The molecule has 2 N–H and O–H groups in total. The minimum absolute atomic E-state index is 0.0872. The molecule has 1 aliphatic rings. The number of rotatable bonds is 6. The highest BCUT2D eigenvalue weighted by atomic mass is 35.5. The number of nitrogens with one attached hydrogen (secondary N) is 2. The number of methoxy groups -OCH3 is 1. The number of halogens is 1. The van der Waals surface area contributed by atoms with Crippen LogP contribution in [0.3, 0.4) is 0 Å². The molecule has 0 aliphatic carbocycles. The third-order valence-electron chi connectivity index (χ3n) is 4.62. The Morgan fingerprint density at radius 2 is 2.14 bits per heavy atom. The van der Waals surface area contributed by atoms with Crippen LogP contribution in [0.1, 0.15) is 0 Å². The summed E-state index contributed by atoms with van der Waals surface area (Å²) < 4.78 is 5.27. The molecular formula is C20H19ClN6O2. The lowest BCUT2D eigenvalue weighted by Crippen LogP contribution is -2.59. The number of anilines is 3. The van der Waals surface area contributed by atoms with Crippen molar-refractivity contribution in [2.45, 2.75) is 6.04 Å². The Balaban J connectivity index is 1.57. The maximum absolute atomic E-state index is 11.4. The Labute approximate surface area is 172 Å². The predicted molar refractivity (Wildman–Crippen MR) is 113 cm³/mol. The highest BCUT2D eigenvalue weighted by molar-refractivity contribution is 6.32. The van der Waals surface area contributed by atoms with Gasteiger partial charge in [0, 0.05) is 24.8 Å². The molecule has 1 amide bonds. The molecule has 1 aliphatic heterocycles. The lowest BCUT2D eigenvalue weighted by molar-refractivity contribution is -0.117. The normalized spacial score (nSPS) is 13.7. The second-order valence-corrected chi connectivity index (χ2v) is 6.96. The van der Waals surface area contributed by atoms with E-state index in [4.69, 9.17) is 21.3 Å². The predicted octanol–water partition coefficient (Wildman–Crippen LogP) is 2.92. The first-order valence-corrected chi connectivity index (χ1v) is 9.35. The molecule has 3 heterocycles. The smallest absolute Gasteiger partial charge is 0.243 e. The second kappa shape index (κ2) is 7.92. The van der Waals surface area contributed by atoms with E-state index < -0.39 is 0 Å². The van der Waals surface area contributed by atoms with E-state index in [0.717, 1.165) is 17.0 Å². The van der Waals surface area contributed by atoms with Crippen molar-refractivity contribution in [1.82, 2.24) is 20.3 Å². The van der Waals surface area contributed by atoms with Gasteiger partial charge in [-0.15, -0.1) is 0 Å². The summed E-state index contributed by atoms with van der Waals surface area (Å²) in [5, 5.41) is 6.66. The lowest BCUT2D eigenvalue weighted by atomic mass is 10.1. The van der Waals surface area contributed by atoms with Crippen LogP contribution in [0.5, 0.6) is 5.75 Å². The molecule has 29 heavy (non-hydrogen) atoms. The van der Waals surface area contributed by atoms with Crippen molar-refractivity contribution in [3.05, 3.63) is 54.3 Å².